The van der Waals surface area contributed by atoms with Crippen molar-refractivity contribution in [2.24, 2.45) is 23.2 Å². The lowest BCUT2D eigenvalue weighted by atomic mass is 9.45. The first kappa shape index (κ1) is 18.9. The lowest BCUT2D eigenvalue weighted by Gasteiger charge is -2.61. The molecule has 2 aromatic rings. The average molecular weight is 391 g/mol. The summed E-state index contributed by atoms with van der Waals surface area (Å²) in [7, 11) is 1.73. The fraction of sp³-hybridized carbons (Fsp3) is 0.500. The number of aliphatic carboxylic acids is 1. The van der Waals surface area contributed by atoms with Gasteiger partial charge in [0, 0.05) is 7.11 Å². The molecule has 0 heterocycles. The van der Waals surface area contributed by atoms with Crippen LogP contribution in [0.1, 0.15) is 49.7 Å². The maximum absolute atomic E-state index is 13.2. The topological polar surface area (TPSA) is 46.5 Å². The number of hydrogen-bond acceptors (Lipinski definition) is 2. The lowest BCUT2D eigenvalue weighted by molar-refractivity contribution is -0.173. The van der Waals surface area contributed by atoms with Crippen molar-refractivity contribution in [2.75, 3.05) is 7.11 Å². The largest absolute Gasteiger partial charge is 0.480 e. The minimum Gasteiger partial charge on any atom is -0.480 e. The van der Waals surface area contributed by atoms with Crippen LogP contribution in [0.15, 0.2) is 60.7 Å². The molecule has 0 saturated heterocycles. The van der Waals surface area contributed by atoms with E-state index in [0.29, 0.717) is 0 Å². The van der Waals surface area contributed by atoms with E-state index in [4.69, 9.17) is 4.74 Å². The fourth-order valence-corrected chi connectivity index (χ4v) is 7.62. The van der Waals surface area contributed by atoms with Crippen molar-refractivity contribution in [3.05, 3.63) is 71.8 Å². The zero-order valence-corrected chi connectivity index (χ0v) is 17.1. The summed E-state index contributed by atoms with van der Waals surface area (Å²) in [5, 5.41) is 10.9. The van der Waals surface area contributed by atoms with Gasteiger partial charge in [-0.25, -0.2) is 0 Å². The number of carboxylic acids is 1. The summed E-state index contributed by atoms with van der Waals surface area (Å²) < 4.78 is 6.29. The number of rotatable bonds is 6. The van der Waals surface area contributed by atoms with Crippen molar-refractivity contribution in [2.45, 2.75) is 50.0 Å². The van der Waals surface area contributed by atoms with Gasteiger partial charge in [0.15, 0.2) is 0 Å². The van der Waals surface area contributed by atoms with Gasteiger partial charge in [-0.05, 0) is 72.8 Å². The Morgan fingerprint density at radius 2 is 1.31 bits per heavy atom. The molecule has 4 bridgehead atoms. The Hall–Kier alpha value is -2.13. The zero-order valence-electron chi connectivity index (χ0n) is 17.1. The van der Waals surface area contributed by atoms with Crippen LogP contribution in [-0.2, 0) is 14.9 Å². The first-order valence-corrected chi connectivity index (χ1v) is 11.0. The third-order valence-corrected chi connectivity index (χ3v) is 8.07. The Balaban J connectivity index is 1.73. The van der Waals surface area contributed by atoms with Crippen LogP contribution in [-0.4, -0.2) is 24.3 Å². The molecule has 3 nitrogen and oxygen atoms in total. The minimum absolute atomic E-state index is 0.0619. The Bertz CT molecular complexity index is 799. The maximum atomic E-state index is 13.2. The monoisotopic (exact) mass is 390 g/mol. The van der Waals surface area contributed by atoms with Crippen molar-refractivity contribution >= 4 is 5.97 Å². The molecule has 4 saturated carbocycles. The molecule has 6 rings (SSSR count). The number of carboxylic acid groups (broad SMARTS) is 1. The summed E-state index contributed by atoms with van der Waals surface area (Å²) >= 11 is 0. The van der Waals surface area contributed by atoms with E-state index in [9.17, 15) is 9.90 Å². The third kappa shape index (κ3) is 2.78. The smallest absolute Gasteiger partial charge is 0.321 e. The van der Waals surface area contributed by atoms with E-state index in [0.717, 1.165) is 48.1 Å². The van der Waals surface area contributed by atoms with Gasteiger partial charge in [-0.2, -0.15) is 0 Å². The second-order valence-electron chi connectivity index (χ2n) is 9.74. The highest BCUT2D eigenvalue weighted by Gasteiger charge is 2.63. The number of hydrogen-bond donors (Lipinski definition) is 1. The van der Waals surface area contributed by atoms with Crippen molar-refractivity contribution in [3.8, 4) is 0 Å². The Labute approximate surface area is 173 Å². The zero-order chi connectivity index (χ0) is 20.1. The molecule has 0 amide bonds. The molecule has 0 aliphatic heterocycles. The SMILES string of the molecule is COC(C12CC3CC(CC(C3)C1)C2)C(C(=O)O)(c1ccccc1)c1ccccc1. The molecule has 1 N–H and O–H groups in total. The molecule has 1 atom stereocenters. The summed E-state index contributed by atoms with van der Waals surface area (Å²) in [6, 6.07) is 19.6. The van der Waals surface area contributed by atoms with Gasteiger partial charge >= 0.3 is 5.97 Å². The molecule has 152 valence electrons. The lowest BCUT2D eigenvalue weighted by Crippen LogP contribution is -2.61. The third-order valence-electron chi connectivity index (χ3n) is 8.07. The predicted molar refractivity (Wildman–Crippen MR) is 113 cm³/mol. The van der Waals surface area contributed by atoms with Crippen LogP contribution < -0.4 is 0 Å². The van der Waals surface area contributed by atoms with Crippen molar-refractivity contribution in [1.82, 2.24) is 0 Å². The van der Waals surface area contributed by atoms with Gasteiger partial charge in [-0.15, -0.1) is 0 Å². The van der Waals surface area contributed by atoms with E-state index in [-0.39, 0.29) is 11.5 Å². The van der Waals surface area contributed by atoms with Crippen LogP contribution in [0.5, 0.6) is 0 Å². The second-order valence-corrected chi connectivity index (χ2v) is 9.74. The first-order chi connectivity index (χ1) is 14.1. The van der Waals surface area contributed by atoms with Gasteiger partial charge in [0.2, 0.25) is 0 Å². The molecular weight excluding hydrogens is 360 g/mol. The van der Waals surface area contributed by atoms with E-state index in [1.807, 2.05) is 60.7 Å². The van der Waals surface area contributed by atoms with Gasteiger partial charge in [-0.1, -0.05) is 60.7 Å². The fourth-order valence-electron chi connectivity index (χ4n) is 7.62. The van der Waals surface area contributed by atoms with Gasteiger partial charge in [-0.3, -0.25) is 4.79 Å². The molecular formula is C26H30O3. The van der Waals surface area contributed by atoms with Crippen LogP contribution in [0, 0.1) is 23.2 Å². The van der Waals surface area contributed by atoms with E-state index in [1.54, 1.807) is 7.11 Å². The Morgan fingerprint density at radius 3 is 1.66 bits per heavy atom. The van der Waals surface area contributed by atoms with Gasteiger partial charge in [0.1, 0.15) is 5.41 Å². The normalized spacial score (nSPS) is 31.6. The molecule has 0 radical (unpaired) electrons. The van der Waals surface area contributed by atoms with E-state index in [1.165, 1.54) is 19.3 Å². The van der Waals surface area contributed by atoms with Gasteiger partial charge in [0.25, 0.3) is 0 Å². The summed E-state index contributed by atoms with van der Waals surface area (Å²) in [5.74, 6) is 1.39. The standard InChI is InChI=1S/C26H30O3/c1-29-23(25-15-18-12-19(16-25)14-20(13-18)17-25)26(24(27)28,21-8-4-2-5-9-21)22-10-6-3-7-11-22/h2-11,18-20,23H,12-17H2,1H3,(H,27,28). The van der Waals surface area contributed by atoms with Crippen molar-refractivity contribution in [3.63, 3.8) is 0 Å². The molecule has 1 unspecified atom stereocenters. The van der Waals surface area contributed by atoms with E-state index < -0.39 is 11.4 Å². The van der Waals surface area contributed by atoms with Crippen LogP contribution in [0.4, 0.5) is 0 Å². The van der Waals surface area contributed by atoms with Gasteiger partial charge < -0.3 is 9.84 Å². The van der Waals surface area contributed by atoms with Crippen LogP contribution >= 0.6 is 0 Å². The quantitative estimate of drug-likeness (QED) is 0.729. The molecule has 2 aromatic carbocycles. The molecule has 4 fully saturated rings. The van der Waals surface area contributed by atoms with Crippen molar-refractivity contribution < 1.29 is 14.6 Å². The highest BCUT2D eigenvalue weighted by molar-refractivity contribution is 5.87. The minimum atomic E-state index is -1.21. The van der Waals surface area contributed by atoms with E-state index in [2.05, 4.69) is 0 Å². The Kier molecular flexibility index (Phi) is 4.54. The molecule has 0 aromatic heterocycles. The molecule has 29 heavy (non-hydrogen) atoms. The van der Waals surface area contributed by atoms with Crippen molar-refractivity contribution in [1.29, 1.82) is 0 Å². The molecule has 0 spiro atoms. The van der Waals surface area contributed by atoms with Gasteiger partial charge in [0.05, 0.1) is 6.10 Å². The molecule has 4 aliphatic carbocycles. The highest BCUT2D eigenvalue weighted by atomic mass is 16.5. The van der Waals surface area contributed by atoms with Crippen LogP contribution in [0.3, 0.4) is 0 Å². The number of benzene rings is 2. The van der Waals surface area contributed by atoms with Crippen LogP contribution in [0.2, 0.25) is 0 Å². The average Bonchev–Trinajstić information content (AvgIpc) is 2.72. The first-order valence-electron chi connectivity index (χ1n) is 11.0. The molecule has 4 aliphatic rings. The highest BCUT2D eigenvalue weighted by Crippen LogP contribution is 2.64. The summed E-state index contributed by atoms with van der Waals surface area (Å²) in [6.45, 7) is 0. The summed E-state index contributed by atoms with van der Waals surface area (Å²) in [5.41, 5.74) is 0.374. The number of ether oxygens (including phenoxy) is 1. The predicted octanol–water partition coefficient (Wildman–Crippen LogP) is 5.29. The second kappa shape index (κ2) is 6.98. The van der Waals surface area contributed by atoms with E-state index >= 15 is 0 Å². The summed E-state index contributed by atoms with van der Waals surface area (Å²) in [6.07, 6.45) is 6.90. The molecule has 3 heteroatoms. The number of methoxy groups -OCH3 is 1. The summed E-state index contributed by atoms with van der Waals surface area (Å²) in [4.78, 5) is 13.2. The maximum Gasteiger partial charge on any atom is 0.321 e. The van der Waals surface area contributed by atoms with Crippen LogP contribution in [0.25, 0.3) is 0 Å². The number of carbonyl (C=O) groups is 1. The Morgan fingerprint density at radius 1 is 0.897 bits per heavy atom.